The highest BCUT2D eigenvalue weighted by Crippen LogP contribution is 2.29. The second-order valence-electron chi connectivity index (χ2n) is 7.87. The van der Waals surface area contributed by atoms with Crippen LogP contribution in [-0.2, 0) is 13.0 Å². The van der Waals surface area contributed by atoms with E-state index < -0.39 is 0 Å². The first-order valence-corrected chi connectivity index (χ1v) is 10.1. The highest BCUT2D eigenvalue weighted by molar-refractivity contribution is 5.34. The number of aliphatic hydroxyl groups is 1. The van der Waals surface area contributed by atoms with Gasteiger partial charge in [-0.25, -0.2) is 0 Å². The van der Waals surface area contributed by atoms with Crippen LogP contribution in [0.5, 0.6) is 5.75 Å². The number of para-hydroxylation sites is 1. The summed E-state index contributed by atoms with van der Waals surface area (Å²) in [6, 6.07) is 19.7. The maximum Gasteiger partial charge on any atom is 0.148 e. The molecular formula is C24H28N2O2. The zero-order chi connectivity index (χ0) is 19.3. The molecule has 0 spiro atoms. The third-order valence-corrected chi connectivity index (χ3v) is 5.88. The molecule has 0 aliphatic carbocycles. The monoisotopic (exact) mass is 376 g/mol. The maximum absolute atomic E-state index is 10.2. The zero-order valence-electron chi connectivity index (χ0n) is 16.2. The Balaban J connectivity index is 1.54. The molecule has 0 aromatic heterocycles. The Morgan fingerprint density at radius 1 is 1.04 bits per heavy atom. The summed E-state index contributed by atoms with van der Waals surface area (Å²) < 4.78 is 5.77. The third kappa shape index (κ3) is 4.39. The van der Waals surface area contributed by atoms with Crippen molar-refractivity contribution in [3.63, 3.8) is 0 Å². The molecule has 3 atom stereocenters. The number of hydrogen-bond donors (Lipinski definition) is 1. The van der Waals surface area contributed by atoms with Gasteiger partial charge in [-0.2, -0.15) is 0 Å². The summed E-state index contributed by atoms with van der Waals surface area (Å²) in [7, 11) is 0. The number of fused-ring (bicyclic) bond motifs is 1. The van der Waals surface area contributed by atoms with Crippen molar-refractivity contribution in [1.29, 1.82) is 0 Å². The van der Waals surface area contributed by atoms with Crippen LogP contribution in [0.4, 0.5) is 0 Å². The lowest BCUT2D eigenvalue weighted by Crippen LogP contribution is -2.56. The molecule has 1 N–H and O–H groups in total. The van der Waals surface area contributed by atoms with Gasteiger partial charge in [0.05, 0.1) is 6.10 Å². The first-order valence-electron chi connectivity index (χ1n) is 10.1. The van der Waals surface area contributed by atoms with E-state index in [-0.39, 0.29) is 12.7 Å². The summed E-state index contributed by atoms with van der Waals surface area (Å²) >= 11 is 0. The number of aliphatic hydroxyl groups excluding tert-OH is 1. The van der Waals surface area contributed by atoms with E-state index in [1.165, 1.54) is 11.1 Å². The molecule has 146 valence electrons. The molecule has 0 saturated carbocycles. The highest BCUT2D eigenvalue weighted by Gasteiger charge is 2.39. The molecular weight excluding hydrogens is 348 g/mol. The predicted octanol–water partition coefficient (Wildman–Crippen LogP) is 2.56. The first kappa shape index (κ1) is 19.0. The lowest BCUT2D eigenvalue weighted by Gasteiger charge is -2.44. The van der Waals surface area contributed by atoms with Gasteiger partial charge in [-0.1, -0.05) is 54.5 Å². The van der Waals surface area contributed by atoms with E-state index >= 15 is 0 Å². The van der Waals surface area contributed by atoms with Crippen molar-refractivity contribution in [2.24, 2.45) is 0 Å². The van der Waals surface area contributed by atoms with Crippen molar-refractivity contribution in [2.45, 2.75) is 37.6 Å². The van der Waals surface area contributed by atoms with Crippen LogP contribution in [0.3, 0.4) is 0 Å². The van der Waals surface area contributed by atoms with Crippen LogP contribution < -0.4 is 4.74 Å². The van der Waals surface area contributed by atoms with E-state index in [4.69, 9.17) is 11.2 Å². The number of terminal acetylenes is 1. The Hall–Kier alpha value is -2.32. The van der Waals surface area contributed by atoms with Gasteiger partial charge in [0.25, 0.3) is 0 Å². The Morgan fingerprint density at radius 2 is 1.82 bits per heavy atom. The van der Waals surface area contributed by atoms with Crippen molar-refractivity contribution in [1.82, 2.24) is 9.80 Å². The second-order valence-corrected chi connectivity index (χ2v) is 7.87. The highest BCUT2D eigenvalue weighted by atomic mass is 16.5. The molecule has 2 fully saturated rings. The van der Waals surface area contributed by atoms with Crippen LogP contribution in [0.1, 0.15) is 17.5 Å². The summed E-state index contributed by atoms with van der Waals surface area (Å²) in [6.07, 6.45) is 7.05. The number of nitrogens with zero attached hydrogens (tertiary/aromatic N) is 2. The van der Waals surface area contributed by atoms with Gasteiger partial charge in [-0.05, 0) is 24.5 Å². The van der Waals surface area contributed by atoms with Crippen molar-refractivity contribution in [2.75, 3.05) is 26.2 Å². The molecule has 2 aliphatic rings. The fourth-order valence-corrected chi connectivity index (χ4v) is 4.56. The van der Waals surface area contributed by atoms with Crippen LogP contribution in [0.25, 0.3) is 0 Å². The van der Waals surface area contributed by atoms with Crippen molar-refractivity contribution in [3.05, 3.63) is 65.7 Å². The van der Waals surface area contributed by atoms with Gasteiger partial charge in [-0.3, -0.25) is 9.80 Å². The Kier molecular flexibility index (Phi) is 5.97. The van der Waals surface area contributed by atoms with Crippen molar-refractivity contribution < 1.29 is 9.84 Å². The average molecular weight is 377 g/mol. The fourth-order valence-electron chi connectivity index (χ4n) is 4.56. The number of benzene rings is 2. The Morgan fingerprint density at radius 3 is 2.64 bits per heavy atom. The molecule has 0 radical (unpaired) electrons. The van der Waals surface area contributed by atoms with Gasteiger partial charge in [0.15, 0.2) is 0 Å². The number of ether oxygens (including phenoxy) is 1. The topological polar surface area (TPSA) is 35.9 Å². The Labute approximate surface area is 167 Å². The van der Waals surface area contributed by atoms with E-state index in [1.807, 2.05) is 12.1 Å². The third-order valence-electron chi connectivity index (χ3n) is 5.88. The van der Waals surface area contributed by atoms with Crippen LogP contribution >= 0.6 is 0 Å². The Bertz CT molecular complexity index is 817. The molecule has 28 heavy (non-hydrogen) atoms. The van der Waals surface area contributed by atoms with E-state index in [1.54, 1.807) is 0 Å². The summed E-state index contributed by atoms with van der Waals surface area (Å²) in [5, 5.41) is 10.2. The second kappa shape index (κ2) is 8.79. The van der Waals surface area contributed by atoms with E-state index in [2.05, 4.69) is 58.2 Å². The van der Waals surface area contributed by atoms with Gasteiger partial charge < -0.3 is 9.84 Å². The minimum Gasteiger partial charge on any atom is -0.481 e. The van der Waals surface area contributed by atoms with E-state index in [0.29, 0.717) is 12.1 Å². The quantitative estimate of drug-likeness (QED) is 0.786. The average Bonchev–Trinajstić information content (AvgIpc) is 3.07. The molecule has 2 heterocycles. The van der Waals surface area contributed by atoms with E-state index in [0.717, 1.165) is 44.8 Å². The van der Waals surface area contributed by atoms with Crippen LogP contribution in [0.2, 0.25) is 0 Å². The SMILES string of the molecule is C#CCOc1ccccc1CN1C[C@@H]2C[C@@H](O)CN2C[C@@H]1Cc1ccccc1. The van der Waals surface area contributed by atoms with Crippen molar-refractivity contribution in [3.8, 4) is 18.1 Å². The summed E-state index contributed by atoms with van der Waals surface area (Å²) in [5.74, 6) is 3.42. The number of rotatable bonds is 6. The van der Waals surface area contributed by atoms with Crippen molar-refractivity contribution >= 4 is 0 Å². The van der Waals surface area contributed by atoms with Crippen LogP contribution in [0.15, 0.2) is 54.6 Å². The smallest absolute Gasteiger partial charge is 0.148 e. The number of piperazine rings is 1. The molecule has 0 bridgehead atoms. The zero-order valence-corrected chi connectivity index (χ0v) is 16.2. The van der Waals surface area contributed by atoms with Crippen LogP contribution in [-0.4, -0.2) is 59.3 Å². The summed E-state index contributed by atoms with van der Waals surface area (Å²) in [4.78, 5) is 5.03. The molecule has 2 aromatic carbocycles. The minimum absolute atomic E-state index is 0.200. The molecule has 4 heteroatoms. The normalized spacial score (nSPS) is 25.2. The van der Waals surface area contributed by atoms with Gasteiger partial charge in [0.1, 0.15) is 12.4 Å². The minimum atomic E-state index is -0.200. The van der Waals surface area contributed by atoms with Gasteiger partial charge in [-0.15, -0.1) is 6.42 Å². The molecule has 2 aliphatic heterocycles. The predicted molar refractivity (Wildman–Crippen MR) is 111 cm³/mol. The molecule has 2 saturated heterocycles. The van der Waals surface area contributed by atoms with Gasteiger partial charge in [0.2, 0.25) is 0 Å². The molecule has 4 rings (SSSR count). The molecule has 2 aromatic rings. The van der Waals surface area contributed by atoms with Gasteiger partial charge in [0, 0.05) is 43.8 Å². The maximum atomic E-state index is 10.2. The molecule has 0 unspecified atom stereocenters. The molecule has 0 amide bonds. The molecule has 4 nitrogen and oxygen atoms in total. The first-order chi connectivity index (χ1) is 13.7. The lowest BCUT2D eigenvalue weighted by molar-refractivity contribution is 0.0440. The standard InChI is InChI=1S/C24H28N2O2/c1-2-12-28-24-11-7-6-10-20(24)15-25-17-22-14-23(27)18-26(22)16-21(25)13-19-8-4-3-5-9-19/h1,3-11,21-23,27H,12-18H2/t21-,22-,23+/m0/s1. The largest absolute Gasteiger partial charge is 0.481 e. The lowest BCUT2D eigenvalue weighted by atomic mass is 9.99. The number of hydrogen-bond acceptors (Lipinski definition) is 4. The summed E-state index contributed by atoms with van der Waals surface area (Å²) in [5.41, 5.74) is 2.52. The van der Waals surface area contributed by atoms with Gasteiger partial charge >= 0.3 is 0 Å². The van der Waals surface area contributed by atoms with Crippen LogP contribution in [0, 0.1) is 12.3 Å². The van der Waals surface area contributed by atoms with E-state index in [9.17, 15) is 5.11 Å². The summed E-state index contributed by atoms with van der Waals surface area (Å²) in [6.45, 7) is 3.87. The fraction of sp³-hybridized carbons (Fsp3) is 0.417.